The Bertz CT molecular complexity index is 867. The molecule has 1 heterocycles. The summed E-state index contributed by atoms with van der Waals surface area (Å²) in [6.07, 6.45) is 0.957. The van der Waals surface area contributed by atoms with Crippen molar-refractivity contribution in [3.05, 3.63) is 51.2 Å². The van der Waals surface area contributed by atoms with E-state index >= 15 is 0 Å². The molecule has 1 aliphatic heterocycles. The van der Waals surface area contributed by atoms with Gasteiger partial charge in [0.25, 0.3) is 5.69 Å². The number of hydrogen-bond donors (Lipinski definition) is 1. The van der Waals surface area contributed by atoms with Crippen LogP contribution in [0.3, 0.4) is 0 Å². The SMILES string of the molecule is CC1(C)CC(=O)C2=C(C1)NC(=S)C(C#N)C2c1ccccc1[N+](=O)[O-]. The van der Waals surface area contributed by atoms with Gasteiger partial charge in [-0.3, -0.25) is 14.9 Å². The van der Waals surface area contributed by atoms with Crippen molar-refractivity contribution in [1.82, 2.24) is 5.32 Å². The number of nitriles is 1. The van der Waals surface area contributed by atoms with E-state index in [1.165, 1.54) is 6.07 Å². The summed E-state index contributed by atoms with van der Waals surface area (Å²) in [5.74, 6) is -1.59. The molecule has 7 heteroatoms. The van der Waals surface area contributed by atoms with Crippen molar-refractivity contribution >= 4 is 28.7 Å². The van der Waals surface area contributed by atoms with E-state index in [4.69, 9.17) is 12.2 Å². The lowest BCUT2D eigenvalue weighted by atomic mass is 9.67. The molecule has 6 nitrogen and oxygen atoms in total. The summed E-state index contributed by atoms with van der Waals surface area (Å²) >= 11 is 5.35. The summed E-state index contributed by atoms with van der Waals surface area (Å²) in [5, 5.41) is 24.1. The second kappa shape index (κ2) is 6.05. The van der Waals surface area contributed by atoms with Crippen LogP contribution in [0.4, 0.5) is 5.69 Å². The van der Waals surface area contributed by atoms with Crippen molar-refractivity contribution in [2.75, 3.05) is 0 Å². The third kappa shape index (κ3) is 2.94. The molecule has 0 bridgehead atoms. The summed E-state index contributed by atoms with van der Waals surface area (Å²) in [6, 6.07) is 8.39. The van der Waals surface area contributed by atoms with E-state index in [2.05, 4.69) is 11.4 Å². The maximum atomic E-state index is 12.9. The molecule has 0 saturated carbocycles. The quantitative estimate of drug-likeness (QED) is 0.496. The zero-order valence-corrected chi connectivity index (χ0v) is 14.7. The lowest BCUT2D eigenvalue weighted by Crippen LogP contribution is -2.44. The minimum Gasteiger partial charge on any atom is -0.352 e. The molecule has 1 aliphatic carbocycles. The number of thiocarbonyl (C=S) groups is 1. The van der Waals surface area contributed by atoms with Gasteiger partial charge in [0.2, 0.25) is 0 Å². The normalized spacial score (nSPS) is 25.0. The molecular formula is C18H17N3O3S. The van der Waals surface area contributed by atoms with Crippen molar-refractivity contribution < 1.29 is 9.72 Å². The molecule has 0 saturated heterocycles. The molecule has 0 amide bonds. The van der Waals surface area contributed by atoms with E-state index < -0.39 is 16.8 Å². The molecule has 2 unspecified atom stereocenters. The predicted octanol–water partition coefficient (Wildman–Crippen LogP) is 3.39. The van der Waals surface area contributed by atoms with E-state index in [0.29, 0.717) is 34.7 Å². The van der Waals surface area contributed by atoms with Gasteiger partial charge in [-0.1, -0.05) is 44.3 Å². The first kappa shape index (κ1) is 17.2. The lowest BCUT2D eigenvalue weighted by Gasteiger charge is -2.40. The number of nitro groups is 1. The van der Waals surface area contributed by atoms with E-state index in [1.807, 2.05) is 13.8 Å². The van der Waals surface area contributed by atoms with Gasteiger partial charge in [-0.2, -0.15) is 5.26 Å². The largest absolute Gasteiger partial charge is 0.352 e. The third-order valence-electron chi connectivity index (χ3n) is 4.73. The number of nitro benzene ring substituents is 1. The van der Waals surface area contributed by atoms with Crippen LogP contribution >= 0.6 is 12.2 Å². The monoisotopic (exact) mass is 355 g/mol. The average molecular weight is 355 g/mol. The number of ketones is 1. The van der Waals surface area contributed by atoms with Crippen LogP contribution in [0, 0.1) is 32.8 Å². The first-order valence-electron chi connectivity index (χ1n) is 7.95. The van der Waals surface area contributed by atoms with E-state index in [0.717, 1.165) is 0 Å². The number of hydrogen-bond acceptors (Lipinski definition) is 5. The van der Waals surface area contributed by atoms with Gasteiger partial charge in [0.15, 0.2) is 5.78 Å². The van der Waals surface area contributed by atoms with Gasteiger partial charge in [-0.25, -0.2) is 0 Å². The van der Waals surface area contributed by atoms with Crippen LogP contribution in [0.5, 0.6) is 0 Å². The average Bonchev–Trinajstić information content (AvgIpc) is 2.52. The molecule has 128 valence electrons. The summed E-state index contributed by atoms with van der Waals surface area (Å²) in [7, 11) is 0. The number of benzene rings is 1. The van der Waals surface area contributed by atoms with E-state index in [9.17, 15) is 20.2 Å². The number of Topliss-reactive ketones (excluding diaryl/α,β-unsaturated/α-hetero) is 1. The Morgan fingerprint density at radius 1 is 1.36 bits per heavy atom. The maximum Gasteiger partial charge on any atom is 0.273 e. The number of para-hydroxylation sites is 1. The first-order valence-corrected chi connectivity index (χ1v) is 8.36. The van der Waals surface area contributed by atoms with Crippen molar-refractivity contribution in [2.24, 2.45) is 11.3 Å². The molecule has 1 aromatic rings. The third-order valence-corrected chi connectivity index (χ3v) is 5.08. The van der Waals surface area contributed by atoms with Crippen LogP contribution in [-0.4, -0.2) is 15.7 Å². The Labute approximate surface area is 150 Å². The van der Waals surface area contributed by atoms with Crippen LogP contribution in [0.25, 0.3) is 0 Å². The summed E-state index contributed by atoms with van der Waals surface area (Å²) in [4.78, 5) is 24.2. The number of rotatable bonds is 2. The minimum atomic E-state index is -0.806. The second-order valence-electron chi connectivity index (χ2n) is 7.22. The number of allylic oxidation sites excluding steroid dienone is 2. The number of nitrogens with one attached hydrogen (secondary N) is 1. The molecular weight excluding hydrogens is 338 g/mol. The fraction of sp³-hybridized carbons (Fsp3) is 0.389. The van der Waals surface area contributed by atoms with Gasteiger partial charge in [-0.15, -0.1) is 0 Å². The first-order chi connectivity index (χ1) is 11.7. The minimum absolute atomic E-state index is 0.0790. The van der Waals surface area contributed by atoms with E-state index in [1.54, 1.807) is 18.2 Å². The molecule has 2 aliphatic rings. The van der Waals surface area contributed by atoms with Crippen LogP contribution < -0.4 is 5.32 Å². The van der Waals surface area contributed by atoms with Gasteiger partial charge in [0, 0.05) is 35.2 Å². The molecule has 1 aromatic carbocycles. The molecule has 0 spiro atoms. The topological polar surface area (TPSA) is 96.0 Å². The highest BCUT2D eigenvalue weighted by molar-refractivity contribution is 7.80. The molecule has 0 radical (unpaired) electrons. The van der Waals surface area contributed by atoms with Crippen molar-refractivity contribution in [3.63, 3.8) is 0 Å². The molecule has 0 aromatic heterocycles. The van der Waals surface area contributed by atoms with Crippen molar-refractivity contribution in [3.8, 4) is 6.07 Å². The molecule has 1 N–H and O–H groups in total. The molecule has 2 atom stereocenters. The Hall–Kier alpha value is -2.59. The molecule has 3 rings (SSSR count). The van der Waals surface area contributed by atoms with Gasteiger partial charge in [-0.05, 0) is 11.8 Å². The Morgan fingerprint density at radius 2 is 2.04 bits per heavy atom. The smallest absolute Gasteiger partial charge is 0.273 e. The van der Waals surface area contributed by atoms with Crippen LogP contribution in [0.15, 0.2) is 35.5 Å². The highest BCUT2D eigenvalue weighted by atomic mass is 32.1. The van der Waals surface area contributed by atoms with Gasteiger partial charge in [0.05, 0.1) is 16.0 Å². The summed E-state index contributed by atoms with van der Waals surface area (Å²) in [5.41, 5.74) is 1.21. The fourth-order valence-electron chi connectivity index (χ4n) is 3.74. The van der Waals surface area contributed by atoms with Crippen LogP contribution in [0.1, 0.15) is 38.2 Å². The molecule has 0 fully saturated rings. The number of nitrogens with zero attached hydrogens (tertiary/aromatic N) is 2. The highest BCUT2D eigenvalue weighted by Crippen LogP contribution is 2.47. The second-order valence-corrected chi connectivity index (χ2v) is 7.66. The summed E-state index contributed by atoms with van der Waals surface area (Å²) < 4.78 is 0. The van der Waals surface area contributed by atoms with Crippen molar-refractivity contribution in [2.45, 2.75) is 32.6 Å². The van der Waals surface area contributed by atoms with E-state index in [-0.39, 0.29) is 16.9 Å². The van der Waals surface area contributed by atoms with Gasteiger partial charge >= 0.3 is 0 Å². The summed E-state index contributed by atoms with van der Waals surface area (Å²) in [6.45, 7) is 3.99. The number of carbonyl (C=O) groups is 1. The highest BCUT2D eigenvalue weighted by Gasteiger charge is 2.46. The standard InChI is InChI=1S/C18H17N3O3S/c1-18(2)7-12-16(14(22)8-18)15(11(9-19)17(25)20-12)10-5-3-4-6-13(10)21(23)24/h3-6,11,15H,7-8H2,1-2H3,(H,20,25). The van der Waals surface area contributed by atoms with Gasteiger partial charge < -0.3 is 5.32 Å². The lowest BCUT2D eigenvalue weighted by molar-refractivity contribution is -0.385. The van der Waals surface area contributed by atoms with Crippen LogP contribution in [-0.2, 0) is 4.79 Å². The fourth-order valence-corrected chi connectivity index (χ4v) is 4.05. The van der Waals surface area contributed by atoms with Gasteiger partial charge in [0.1, 0.15) is 5.92 Å². The number of carbonyl (C=O) groups excluding carboxylic acids is 1. The Balaban J connectivity index is 2.25. The van der Waals surface area contributed by atoms with Crippen molar-refractivity contribution in [1.29, 1.82) is 5.26 Å². The Morgan fingerprint density at radius 3 is 2.68 bits per heavy atom. The Kier molecular flexibility index (Phi) is 4.17. The van der Waals surface area contributed by atoms with Crippen LogP contribution in [0.2, 0.25) is 0 Å². The maximum absolute atomic E-state index is 12.9. The zero-order valence-electron chi connectivity index (χ0n) is 13.9. The predicted molar refractivity (Wildman–Crippen MR) is 95.7 cm³/mol. The zero-order chi connectivity index (χ0) is 18.4. The molecule has 25 heavy (non-hydrogen) atoms.